The topological polar surface area (TPSA) is 37.3 Å². The van der Waals surface area contributed by atoms with Crippen molar-refractivity contribution in [3.63, 3.8) is 0 Å². The van der Waals surface area contributed by atoms with Crippen LogP contribution in [-0.4, -0.2) is 11.1 Å². The third kappa shape index (κ3) is 24.9. The van der Waals surface area contributed by atoms with E-state index in [0.29, 0.717) is 0 Å². The van der Waals surface area contributed by atoms with Gasteiger partial charge in [0, 0.05) is 6.08 Å². The van der Waals surface area contributed by atoms with Crippen molar-refractivity contribution in [3.8, 4) is 0 Å². The van der Waals surface area contributed by atoms with Gasteiger partial charge in [0.15, 0.2) is 0 Å². The van der Waals surface area contributed by atoms with E-state index in [4.69, 9.17) is 5.11 Å². The molecule has 0 radical (unpaired) electrons. The minimum Gasteiger partial charge on any atom is -0.478 e. The highest BCUT2D eigenvalue weighted by Crippen LogP contribution is 2.19. The fraction of sp³-hybridized carbons (Fsp3) is 0.800. The number of hydrogen-bond acceptors (Lipinski definition) is 1. The van der Waals surface area contributed by atoms with Gasteiger partial charge in [-0.15, -0.1) is 13.2 Å². The molecule has 2 nitrogen and oxygen atoms in total. The maximum absolute atomic E-state index is 11.0. The van der Waals surface area contributed by atoms with Crippen LogP contribution < -0.4 is 0 Å². The maximum Gasteiger partial charge on any atom is 0.328 e. The van der Waals surface area contributed by atoms with Crippen molar-refractivity contribution in [2.24, 2.45) is 0 Å². The van der Waals surface area contributed by atoms with Gasteiger partial charge in [0.1, 0.15) is 0 Å². The van der Waals surface area contributed by atoms with Crippen LogP contribution >= 0.6 is 0 Å². The molecule has 0 bridgehead atoms. The molecule has 0 spiro atoms. The summed E-state index contributed by atoms with van der Waals surface area (Å²) in [6, 6.07) is 0. The summed E-state index contributed by atoms with van der Waals surface area (Å²) in [5, 5.41) is 9.05. The van der Waals surface area contributed by atoms with Gasteiger partial charge in [-0.1, -0.05) is 109 Å². The monoisotopic (exact) mass is 380 g/mol. The second kappa shape index (κ2) is 24.9. The zero-order valence-corrected chi connectivity index (χ0v) is 18.6. The quantitative estimate of drug-likeness (QED) is 0.138. The standard InChI is InChI=1S/C23H44O2.C2H4/c1-3-5-7-9-11-13-15-17-19-22(21-23(24)25)20-18-16-14-12-10-8-6-4-2;1-2/h21H,3-20H2,1-2H3,(H,24,25);1-2H2. The molecular weight excluding hydrogens is 332 g/mol. The van der Waals surface area contributed by atoms with Crippen LogP contribution in [0.1, 0.15) is 129 Å². The Labute approximate surface area is 170 Å². The van der Waals surface area contributed by atoms with Gasteiger partial charge in [0.25, 0.3) is 0 Å². The first-order valence-electron chi connectivity index (χ1n) is 11.6. The molecule has 0 aromatic carbocycles. The van der Waals surface area contributed by atoms with Crippen molar-refractivity contribution < 1.29 is 9.90 Å². The summed E-state index contributed by atoms with van der Waals surface area (Å²) in [7, 11) is 0. The molecular formula is C25H48O2. The average Bonchev–Trinajstić information content (AvgIpc) is 2.67. The minimum atomic E-state index is -0.769. The molecule has 160 valence electrons. The molecule has 0 unspecified atom stereocenters. The number of carboxylic acids is 1. The van der Waals surface area contributed by atoms with E-state index >= 15 is 0 Å². The van der Waals surface area contributed by atoms with E-state index in [1.807, 2.05) is 0 Å². The fourth-order valence-corrected chi connectivity index (χ4v) is 3.42. The van der Waals surface area contributed by atoms with E-state index in [1.165, 1.54) is 96.0 Å². The predicted octanol–water partition coefficient (Wildman–Crippen LogP) is 8.86. The second-order valence-electron chi connectivity index (χ2n) is 7.59. The molecule has 1 N–H and O–H groups in total. The lowest BCUT2D eigenvalue weighted by atomic mass is 9.99. The SMILES string of the molecule is C=C.CCCCCCCCCCC(=CC(=O)O)CCCCCCCCCC. The van der Waals surface area contributed by atoms with Crippen LogP contribution in [0.5, 0.6) is 0 Å². The molecule has 2 heteroatoms. The van der Waals surface area contributed by atoms with Crippen LogP contribution in [0.4, 0.5) is 0 Å². The fourth-order valence-electron chi connectivity index (χ4n) is 3.42. The Balaban J connectivity index is 0. The molecule has 0 heterocycles. The molecule has 0 aliphatic carbocycles. The molecule has 0 rings (SSSR count). The second-order valence-corrected chi connectivity index (χ2v) is 7.59. The van der Waals surface area contributed by atoms with Crippen LogP contribution in [0.3, 0.4) is 0 Å². The molecule has 0 saturated carbocycles. The van der Waals surface area contributed by atoms with Gasteiger partial charge >= 0.3 is 5.97 Å². The summed E-state index contributed by atoms with van der Waals surface area (Å²) >= 11 is 0. The highest BCUT2D eigenvalue weighted by molar-refractivity contribution is 5.80. The summed E-state index contributed by atoms with van der Waals surface area (Å²) in [6.45, 7) is 10.5. The van der Waals surface area contributed by atoms with Crippen molar-refractivity contribution in [2.45, 2.75) is 129 Å². The van der Waals surface area contributed by atoms with Gasteiger partial charge < -0.3 is 5.11 Å². The summed E-state index contributed by atoms with van der Waals surface area (Å²) < 4.78 is 0. The number of unbranched alkanes of at least 4 members (excludes halogenated alkanes) is 14. The lowest BCUT2D eigenvalue weighted by molar-refractivity contribution is -0.131. The maximum atomic E-state index is 11.0. The normalized spacial score (nSPS) is 10.1. The molecule has 0 aliphatic heterocycles. The molecule has 27 heavy (non-hydrogen) atoms. The Hall–Kier alpha value is -1.05. The van der Waals surface area contributed by atoms with Gasteiger partial charge in [-0.2, -0.15) is 0 Å². The third-order valence-electron chi connectivity index (χ3n) is 5.03. The van der Waals surface area contributed by atoms with Crippen LogP contribution in [0.15, 0.2) is 24.8 Å². The summed E-state index contributed by atoms with van der Waals surface area (Å²) in [5.41, 5.74) is 1.16. The highest BCUT2D eigenvalue weighted by atomic mass is 16.4. The molecule has 0 aromatic heterocycles. The first-order chi connectivity index (χ1) is 13.2. The predicted molar refractivity (Wildman–Crippen MR) is 121 cm³/mol. The highest BCUT2D eigenvalue weighted by Gasteiger charge is 2.02. The molecule has 0 aromatic rings. The van der Waals surface area contributed by atoms with E-state index in [1.54, 1.807) is 0 Å². The van der Waals surface area contributed by atoms with E-state index in [0.717, 1.165) is 31.3 Å². The van der Waals surface area contributed by atoms with Crippen molar-refractivity contribution in [2.75, 3.05) is 0 Å². The van der Waals surface area contributed by atoms with Gasteiger partial charge in [0.05, 0.1) is 0 Å². The lowest BCUT2D eigenvalue weighted by Gasteiger charge is -2.07. The van der Waals surface area contributed by atoms with Crippen LogP contribution in [0.25, 0.3) is 0 Å². The number of aliphatic carboxylic acids is 1. The van der Waals surface area contributed by atoms with Gasteiger partial charge in [-0.05, 0) is 25.7 Å². The number of hydrogen-bond donors (Lipinski definition) is 1. The summed E-state index contributed by atoms with van der Waals surface area (Å²) in [4.78, 5) is 11.0. The molecule has 0 aliphatic rings. The summed E-state index contributed by atoms with van der Waals surface area (Å²) in [5.74, 6) is -0.769. The Morgan fingerprint density at radius 1 is 0.630 bits per heavy atom. The molecule has 0 atom stereocenters. The van der Waals surface area contributed by atoms with Gasteiger partial charge in [-0.25, -0.2) is 4.79 Å². The molecule has 0 amide bonds. The van der Waals surface area contributed by atoms with E-state index in [-0.39, 0.29) is 0 Å². The number of rotatable bonds is 19. The zero-order valence-electron chi connectivity index (χ0n) is 18.6. The average molecular weight is 381 g/mol. The van der Waals surface area contributed by atoms with Gasteiger partial charge in [0.2, 0.25) is 0 Å². The number of carboxylic acid groups (broad SMARTS) is 1. The Morgan fingerprint density at radius 2 is 0.926 bits per heavy atom. The van der Waals surface area contributed by atoms with E-state index < -0.39 is 5.97 Å². The zero-order chi connectivity index (χ0) is 20.6. The van der Waals surface area contributed by atoms with Crippen molar-refractivity contribution >= 4 is 5.97 Å². The van der Waals surface area contributed by atoms with Crippen molar-refractivity contribution in [1.29, 1.82) is 0 Å². The Morgan fingerprint density at radius 3 is 1.22 bits per heavy atom. The van der Waals surface area contributed by atoms with E-state index in [2.05, 4.69) is 27.0 Å². The van der Waals surface area contributed by atoms with Crippen LogP contribution in [0, 0.1) is 0 Å². The van der Waals surface area contributed by atoms with Gasteiger partial charge in [-0.3, -0.25) is 0 Å². The Kier molecular flexibility index (Phi) is 26.0. The van der Waals surface area contributed by atoms with Crippen LogP contribution in [-0.2, 0) is 4.79 Å². The molecule has 0 fully saturated rings. The lowest BCUT2D eigenvalue weighted by Crippen LogP contribution is -1.94. The Bertz CT molecular complexity index is 311. The van der Waals surface area contributed by atoms with Crippen molar-refractivity contribution in [3.05, 3.63) is 24.8 Å². The number of allylic oxidation sites excluding steroid dienone is 1. The molecule has 0 saturated heterocycles. The van der Waals surface area contributed by atoms with Crippen LogP contribution in [0.2, 0.25) is 0 Å². The number of carbonyl (C=O) groups is 1. The summed E-state index contributed by atoms with van der Waals surface area (Å²) in [6.07, 6.45) is 24.4. The first kappa shape index (κ1) is 28.2. The first-order valence-corrected chi connectivity index (χ1v) is 11.6. The third-order valence-corrected chi connectivity index (χ3v) is 5.03. The van der Waals surface area contributed by atoms with Crippen molar-refractivity contribution in [1.82, 2.24) is 0 Å². The minimum absolute atomic E-state index is 0.769. The van der Waals surface area contributed by atoms with E-state index in [9.17, 15) is 4.79 Å². The largest absolute Gasteiger partial charge is 0.478 e. The smallest absolute Gasteiger partial charge is 0.328 e.